The van der Waals surface area contributed by atoms with Gasteiger partial charge in [-0.2, -0.15) is 5.10 Å². The largest absolute Gasteiger partial charge is 0.495 e. The number of hydrogen-bond donors (Lipinski definition) is 1. The lowest BCUT2D eigenvalue weighted by Gasteiger charge is -2.23. The summed E-state index contributed by atoms with van der Waals surface area (Å²) in [4.78, 5) is 13.3. The van der Waals surface area contributed by atoms with Crippen molar-refractivity contribution < 1.29 is 17.9 Å². The number of methoxy groups -OCH3 is 1. The average molecular weight is 408 g/mol. The molecule has 0 fully saturated rings. The smallest absolute Gasteiger partial charge is 0.260 e. The first-order valence-electron chi connectivity index (χ1n) is 7.92. The van der Waals surface area contributed by atoms with Gasteiger partial charge in [0.1, 0.15) is 12.3 Å². The highest BCUT2D eigenvalue weighted by atomic mass is 32.2. The zero-order valence-corrected chi connectivity index (χ0v) is 16.9. The van der Waals surface area contributed by atoms with Gasteiger partial charge in [-0.05, 0) is 36.1 Å². The number of para-hydroxylation sites is 2. The molecule has 0 aliphatic carbocycles. The monoisotopic (exact) mass is 407 g/mol. The van der Waals surface area contributed by atoms with Crippen LogP contribution in [0, 0.1) is 0 Å². The summed E-state index contributed by atoms with van der Waals surface area (Å²) in [6, 6.07) is 14.2. The predicted molar refractivity (Wildman–Crippen MR) is 109 cm³/mol. The molecule has 0 saturated carbocycles. The predicted octanol–water partition coefficient (Wildman–Crippen LogP) is 2.33. The Hall–Kier alpha value is -2.52. The maximum absolute atomic E-state index is 12.2. The van der Waals surface area contributed by atoms with Crippen LogP contribution < -0.4 is 14.5 Å². The molecule has 0 unspecified atom stereocenters. The highest BCUT2D eigenvalue weighted by Gasteiger charge is 2.23. The lowest BCUT2D eigenvalue weighted by molar-refractivity contribution is -0.119. The first-order chi connectivity index (χ1) is 12.8. The van der Waals surface area contributed by atoms with Crippen LogP contribution in [0.5, 0.6) is 5.75 Å². The first-order valence-corrected chi connectivity index (χ1v) is 11.0. The molecule has 0 bridgehead atoms. The minimum absolute atomic E-state index is 0.286. The minimum atomic E-state index is -3.69. The summed E-state index contributed by atoms with van der Waals surface area (Å²) in [5, 5.41) is 3.88. The van der Waals surface area contributed by atoms with E-state index in [0.29, 0.717) is 5.75 Å². The van der Waals surface area contributed by atoms with Gasteiger partial charge in [0.15, 0.2) is 0 Å². The van der Waals surface area contributed by atoms with E-state index >= 15 is 0 Å². The number of anilines is 1. The van der Waals surface area contributed by atoms with Crippen molar-refractivity contribution in [2.45, 2.75) is 4.90 Å². The fraction of sp³-hybridized carbons (Fsp3) is 0.222. The normalized spacial score (nSPS) is 11.4. The molecule has 2 aromatic carbocycles. The Morgan fingerprint density at radius 2 is 1.89 bits per heavy atom. The number of thioether (sulfide) groups is 1. The number of amides is 1. The van der Waals surface area contributed by atoms with Gasteiger partial charge in [-0.3, -0.25) is 9.10 Å². The SMILES string of the molecule is COc1ccccc1N(CC(=O)N/N=C\c1ccc(SC)cc1)S(C)(=O)=O. The molecule has 0 aliphatic heterocycles. The quantitative estimate of drug-likeness (QED) is 0.412. The number of carbonyl (C=O) groups is 1. The van der Waals surface area contributed by atoms with E-state index < -0.39 is 22.5 Å². The molecule has 0 aliphatic rings. The first kappa shape index (κ1) is 20.8. The van der Waals surface area contributed by atoms with Gasteiger partial charge in [-0.1, -0.05) is 24.3 Å². The highest BCUT2D eigenvalue weighted by Crippen LogP contribution is 2.29. The summed E-state index contributed by atoms with van der Waals surface area (Å²) in [6.07, 6.45) is 4.51. The van der Waals surface area contributed by atoms with Crippen molar-refractivity contribution in [2.75, 3.05) is 30.5 Å². The van der Waals surface area contributed by atoms with E-state index in [1.807, 2.05) is 30.5 Å². The van der Waals surface area contributed by atoms with Gasteiger partial charge in [0.2, 0.25) is 10.0 Å². The highest BCUT2D eigenvalue weighted by molar-refractivity contribution is 7.98. The van der Waals surface area contributed by atoms with Crippen LogP contribution in [-0.2, 0) is 14.8 Å². The number of rotatable bonds is 8. The second-order valence-corrected chi connectivity index (χ2v) is 8.29. The van der Waals surface area contributed by atoms with Crippen molar-refractivity contribution in [3.05, 3.63) is 54.1 Å². The van der Waals surface area contributed by atoms with Gasteiger partial charge < -0.3 is 4.74 Å². The molecule has 1 N–H and O–H groups in total. The van der Waals surface area contributed by atoms with Crippen molar-refractivity contribution in [3.8, 4) is 5.75 Å². The molecule has 2 rings (SSSR count). The van der Waals surface area contributed by atoms with Gasteiger partial charge in [0.05, 0.1) is 25.3 Å². The number of benzene rings is 2. The number of sulfonamides is 1. The van der Waals surface area contributed by atoms with Crippen LogP contribution in [0.3, 0.4) is 0 Å². The third kappa shape index (κ3) is 6.00. The number of hydrogen-bond acceptors (Lipinski definition) is 6. The maximum Gasteiger partial charge on any atom is 0.260 e. The number of hydrazone groups is 1. The summed E-state index contributed by atoms with van der Waals surface area (Å²) in [6.45, 7) is -0.415. The topological polar surface area (TPSA) is 88.1 Å². The molecule has 2 aromatic rings. The Labute approximate surface area is 163 Å². The molecule has 144 valence electrons. The van der Waals surface area contributed by atoms with Crippen molar-refractivity contribution >= 4 is 39.6 Å². The number of nitrogens with zero attached hydrogens (tertiary/aromatic N) is 2. The molecule has 0 saturated heterocycles. The van der Waals surface area contributed by atoms with Crippen molar-refractivity contribution in [2.24, 2.45) is 5.10 Å². The van der Waals surface area contributed by atoms with Crippen molar-refractivity contribution in [3.63, 3.8) is 0 Å². The molecule has 9 heteroatoms. The molecule has 7 nitrogen and oxygen atoms in total. The third-order valence-corrected chi connectivity index (χ3v) is 5.43. The Kier molecular flexibility index (Phi) is 7.26. The third-order valence-electron chi connectivity index (χ3n) is 3.56. The molecule has 0 radical (unpaired) electrons. The summed E-state index contributed by atoms with van der Waals surface area (Å²) in [7, 11) is -2.26. The molecule has 0 heterocycles. The van der Waals surface area contributed by atoms with E-state index in [2.05, 4.69) is 10.5 Å². The zero-order valence-electron chi connectivity index (χ0n) is 15.2. The van der Waals surface area contributed by atoms with Crippen LogP contribution in [0.15, 0.2) is 58.5 Å². The fourth-order valence-corrected chi connectivity index (χ4v) is 3.52. The lowest BCUT2D eigenvalue weighted by Crippen LogP contribution is -2.39. The summed E-state index contributed by atoms with van der Waals surface area (Å²) >= 11 is 1.63. The van der Waals surface area contributed by atoms with E-state index in [0.717, 1.165) is 21.0 Å². The number of nitrogens with one attached hydrogen (secondary N) is 1. The van der Waals surface area contributed by atoms with E-state index in [1.165, 1.54) is 13.3 Å². The molecule has 0 aromatic heterocycles. The second kappa shape index (κ2) is 9.43. The second-order valence-electron chi connectivity index (χ2n) is 5.51. The Bertz CT molecular complexity index is 912. The van der Waals surface area contributed by atoms with E-state index in [-0.39, 0.29) is 5.69 Å². The molecular formula is C18H21N3O4S2. The van der Waals surface area contributed by atoms with Crippen LogP contribution >= 0.6 is 11.8 Å². The van der Waals surface area contributed by atoms with Crippen LogP contribution in [0.1, 0.15) is 5.56 Å². The maximum atomic E-state index is 12.2. The summed E-state index contributed by atoms with van der Waals surface area (Å²) in [5.74, 6) is -0.212. The molecule has 27 heavy (non-hydrogen) atoms. The minimum Gasteiger partial charge on any atom is -0.495 e. The van der Waals surface area contributed by atoms with Gasteiger partial charge in [0, 0.05) is 4.90 Å². The van der Waals surface area contributed by atoms with Crippen LogP contribution in [-0.4, -0.2) is 46.7 Å². The standard InChI is InChI=1S/C18H21N3O4S2/c1-25-17-7-5-4-6-16(17)21(27(3,23)24)13-18(22)20-19-12-14-8-10-15(26-2)11-9-14/h4-12H,13H2,1-3H3,(H,20,22)/b19-12-. The molecule has 1 amide bonds. The average Bonchev–Trinajstić information content (AvgIpc) is 2.66. The van der Waals surface area contributed by atoms with Crippen molar-refractivity contribution in [1.29, 1.82) is 0 Å². The summed E-state index contributed by atoms with van der Waals surface area (Å²) in [5.41, 5.74) is 3.45. The van der Waals surface area contributed by atoms with Gasteiger partial charge >= 0.3 is 0 Å². The summed E-state index contributed by atoms with van der Waals surface area (Å²) < 4.78 is 30.5. The van der Waals surface area contributed by atoms with Gasteiger partial charge in [-0.25, -0.2) is 13.8 Å². The molecule has 0 spiro atoms. The molecular weight excluding hydrogens is 386 g/mol. The van der Waals surface area contributed by atoms with Crippen LogP contribution in [0.4, 0.5) is 5.69 Å². The van der Waals surface area contributed by atoms with Gasteiger partial charge in [0.25, 0.3) is 5.91 Å². The van der Waals surface area contributed by atoms with E-state index in [1.54, 1.807) is 36.0 Å². The Morgan fingerprint density at radius 1 is 1.22 bits per heavy atom. The van der Waals surface area contributed by atoms with Crippen LogP contribution in [0.2, 0.25) is 0 Å². The number of ether oxygens (including phenoxy) is 1. The fourth-order valence-electron chi connectivity index (χ4n) is 2.25. The Morgan fingerprint density at radius 3 is 2.48 bits per heavy atom. The molecule has 0 atom stereocenters. The van der Waals surface area contributed by atoms with E-state index in [9.17, 15) is 13.2 Å². The van der Waals surface area contributed by atoms with Crippen LogP contribution in [0.25, 0.3) is 0 Å². The van der Waals surface area contributed by atoms with E-state index in [4.69, 9.17) is 4.74 Å². The van der Waals surface area contributed by atoms with Gasteiger partial charge in [-0.15, -0.1) is 11.8 Å². The lowest BCUT2D eigenvalue weighted by atomic mass is 10.2. The number of carbonyl (C=O) groups excluding carboxylic acids is 1. The van der Waals surface area contributed by atoms with Crippen molar-refractivity contribution in [1.82, 2.24) is 5.43 Å². The zero-order chi connectivity index (χ0) is 19.9. The Balaban J connectivity index is 2.09.